The molecule has 0 bridgehead atoms. The van der Waals surface area contributed by atoms with Crippen molar-refractivity contribution in [3.05, 3.63) is 113 Å². The van der Waals surface area contributed by atoms with Crippen molar-refractivity contribution in [2.75, 3.05) is 25.0 Å². The molecule has 2 aliphatic rings. The van der Waals surface area contributed by atoms with Gasteiger partial charge in [0.1, 0.15) is 24.5 Å². The van der Waals surface area contributed by atoms with Crippen molar-refractivity contribution in [3.63, 3.8) is 0 Å². The van der Waals surface area contributed by atoms with Gasteiger partial charge in [-0.05, 0) is 68.9 Å². The maximum Gasteiger partial charge on any atom is 0.410 e. The normalized spacial score (nSPS) is 15.5. The molecule has 10 heteroatoms. The Morgan fingerprint density at radius 1 is 0.878 bits per heavy atom. The quantitative estimate of drug-likeness (QED) is 0.173. The van der Waals surface area contributed by atoms with Crippen LogP contribution in [0.25, 0.3) is 16.7 Å². The number of carbonyl (C=O) groups is 1. The first kappa shape index (κ1) is 32.3. The van der Waals surface area contributed by atoms with Crippen LogP contribution in [0.2, 0.25) is 0 Å². The molecule has 10 nitrogen and oxygen atoms in total. The first-order chi connectivity index (χ1) is 23.6. The number of nitrogens with zero attached hydrogens (tertiary/aromatic N) is 4. The average molecular weight is 662 g/mol. The summed E-state index contributed by atoms with van der Waals surface area (Å²) in [6.45, 7) is 8.62. The summed E-state index contributed by atoms with van der Waals surface area (Å²) in [6, 6.07) is 29.3. The summed E-state index contributed by atoms with van der Waals surface area (Å²) in [5.74, 6) is 1.20. The van der Waals surface area contributed by atoms with Crippen LogP contribution in [0.15, 0.2) is 95.8 Å². The van der Waals surface area contributed by atoms with Gasteiger partial charge < -0.3 is 24.4 Å². The Labute approximate surface area is 286 Å². The molecule has 1 saturated carbocycles. The van der Waals surface area contributed by atoms with E-state index in [1.54, 1.807) is 22.2 Å². The third-order valence-corrected chi connectivity index (χ3v) is 9.30. The van der Waals surface area contributed by atoms with Crippen LogP contribution in [0.4, 0.5) is 10.5 Å². The molecule has 1 N–H and O–H groups in total. The summed E-state index contributed by atoms with van der Waals surface area (Å²) in [5.41, 5.74) is 4.51. The number of aryl methyl sites for hydroxylation is 1. The number of ether oxygens (including phenoxy) is 3. The lowest BCUT2D eigenvalue weighted by atomic mass is 9.58. The average Bonchev–Trinajstić information content (AvgIpc) is 3.31. The highest BCUT2D eigenvalue weighted by Gasteiger charge is 2.54. The number of para-hydroxylation sites is 1. The number of pyridine rings is 1. The van der Waals surface area contributed by atoms with Crippen molar-refractivity contribution in [2.45, 2.75) is 52.4 Å². The molecule has 1 aliphatic carbocycles. The van der Waals surface area contributed by atoms with E-state index in [1.807, 2.05) is 111 Å². The van der Waals surface area contributed by atoms with Crippen molar-refractivity contribution in [3.8, 4) is 17.4 Å². The van der Waals surface area contributed by atoms with Crippen LogP contribution in [0.3, 0.4) is 0 Å². The van der Waals surface area contributed by atoms with Gasteiger partial charge in [-0.1, -0.05) is 66.7 Å². The maximum absolute atomic E-state index is 13.9. The van der Waals surface area contributed by atoms with Crippen LogP contribution in [-0.4, -0.2) is 50.3 Å². The highest BCUT2D eigenvalue weighted by atomic mass is 16.6. The van der Waals surface area contributed by atoms with Crippen LogP contribution in [0.5, 0.6) is 11.8 Å². The largest absolute Gasteiger partial charge is 0.473 e. The molecule has 2 aromatic heterocycles. The van der Waals surface area contributed by atoms with Gasteiger partial charge in [0.2, 0.25) is 11.8 Å². The summed E-state index contributed by atoms with van der Waals surface area (Å²) >= 11 is 0. The summed E-state index contributed by atoms with van der Waals surface area (Å²) in [6.07, 6.45) is 1.89. The number of aromatic nitrogens is 3. The van der Waals surface area contributed by atoms with Gasteiger partial charge in [0.25, 0.3) is 0 Å². The van der Waals surface area contributed by atoms with Gasteiger partial charge in [-0.3, -0.25) is 9.13 Å². The van der Waals surface area contributed by atoms with E-state index in [1.165, 1.54) is 0 Å². The fourth-order valence-corrected chi connectivity index (χ4v) is 7.06. The third-order valence-electron chi connectivity index (χ3n) is 9.30. The van der Waals surface area contributed by atoms with Crippen molar-refractivity contribution >= 4 is 22.8 Å². The van der Waals surface area contributed by atoms with Crippen LogP contribution in [-0.2, 0) is 25.0 Å². The number of fused-ring (bicyclic) bond motifs is 1. The standard InChI is InChI=1S/C39H43N5O5/c1-38(2,3)49-37(46)43-25-39(26-43)20-29(21-39)22-40-30-16-11-17-31-34(30)42(4)36(45)44(31)32-18-19-33(47-23-27-12-7-5-8-13-27)41-35(32)48-24-28-14-9-6-10-15-28/h5-19,29,40H,20-26H2,1-4H3. The number of nitrogens with one attached hydrogen (secondary N) is 1. The molecule has 5 aromatic rings. The lowest BCUT2D eigenvalue weighted by Gasteiger charge is -2.58. The first-order valence-electron chi connectivity index (χ1n) is 16.8. The molecule has 1 amide bonds. The SMILES string of the molecule is Cn1c(=O)n(-c2ccc(OCc3ccccc3)nc2OCc2ccccc2)c2cccc(NCC3CC4(C3)CN(C(=O)OC(C)(C)C)C4)c21. The van der Waals surface area contributed by atoms with E-state index in [4.69, 9.17) is 19.2 Å². The Morgan fingerprint density at radius 2 is 1.53 bits per heavy atom. The van der Waals surface area contributed by atoms with E-state index in [2.05, 4.69) is 5.32 Å². The van der Waals surface area contributed by atoms with Crippen molar-refractivity contribution in [1.82, 2.24) is 19.0 Å². The number of anilines is 1. The van der Waals surface area contributed by atoms with Crippen molar-refractivity contribution in [1.29, 1.82) is 0 Å². The minimum absolute atomic E-state index is 0.200. The summed E-state index contributed by atoms with van der Waals surface area (Å²) in [5, 5.41) is 3.63. The molecule has 0 unspecified atom stereocenters. The molecule has 2 fully saturated rings. The molecule has 254 valence electrons. The Kier molecular flexibility index (Phi) is 8.56. The molecular weight excluding hydrogens is 618 g/mol. The van der Waals surface area contributed by atoms with Gasteiger partial charge in [0, 0.05) is 38.2 Å². The second-order valence-electron chi connectivity index (χ2n) is 14.4. The maximum atomic E-state index is 13.9. The lowest BCUT2D eigenvalue weighted by Crippen LogP contribution is -2.64. The molecule has 3 aromatic carbocycles. The summed E-state index contributed by atoms with van der Waals surface area (Å²) in [7, 11) is 1.79. The van der Waals surface area contributed by atoms with Crippen molar-refractivity contribution in [2.24, 2.45) is 18.4 Å². The van der Waals surface area contributed by atoms with Crippen LogP contribution < -0.4 is 20.5 Å². The van der Waals surface area contributed by atoms with Gasteiger partial charge in [-0.25, -0.2) is 9.59 Å². The topological polar surface area (TPSA) is 99.9 Å². The van der Waals surface area contributed by atoms with Gasteiger partial charge in [0.05, 0.1) is 16.7 Å². The van der Waals surface area contributed by atoms with E-state index in [0.29, 0.717) is 30.0 Å². The zero-order valence-electron chi connectivity index (χ0n) is 28.5. The molecule has 1 spiro atoms. The molecule has 49 heavy (non-hydrogen) atoms. The summed E-state index contributed by atoms with van der Waals surface area (Å²) in [4.78, 5) is 32.9. The molecule has 0 atom stereocenters. The zero-order valence-corrected chi connectivity index (χ0v) is 28.5. The Bertz CT molecular complexity index is 2000. The number of carbonyl (C=O) groups excluding carboxylic acids is 1. The minimum atomic E-state index is -0.486. The van der Waals surface area contributed by atoms with Gasteiger partial charge in [-0.2, -0.15) is 4.98 Å². The van der Waals surface area contributed by atoms with Crippen LogP contribution in [0, 0.1) is 11.3 Å². The van der Waals surface area contributed by atoms with Crippen LogP contribution in [0.1, 0.15) is 44.7 Å². The lowest BCUT2D eigenvalue weighted by molar-refractivity contribution is -0.0920. The van der Waals surface area contributed by atoms with E-state index in [0.717, 1.165) is 60.3 Å². The van der Waals surface area contributed by atoms with E-state index >= 15 is 0 Å². The Balaban J connectivity index is 1.09. The second kappa shape index (κ2) is 13.0. The molecule has 1 aliphatic heterocycles. The van der Waals surface area contributed by atoms with E-state index in [-0.39, 0.29) is 23.8 Å². The summed E-state index contributed by atoms with van der Waals surface area (Å²) < 4.78 is 21.2. The number of hydrogen-bond donors (Lipinski definition) is 1. The zero-order chi connectivity index (χ0) is 34.2. The number of amides is 1. The number of benzene rings is 3. The molecular formula is C39H43N5O5. The Hall–Kier alpha value is -5.25. The van der Waals surface area contributed by atoms with Gasteiger partial charge in [0.15, 0.2) is 0 Å². The molecule has 7 rings (SSSR count). The smallest absolute Gasteiger partial charge is 0.410 e. The highest BCUT2D eigenvalue weighted by Crippen LogP contribution is 2.52. The van der Waals surface area contributed by atoms with Crippen molar-refractivity contribution < 1.29 is 19.0 Å². The molecule has 3 heterocycles. The fraction of sp³-hybridized carbons (Fsp3) is 0.359. The van der Waals surface area contributed by atoms with Crippen LogP contribution >= 0.6 is 0 Å². The molecule has 0 radical (unpaired) electrons. The van der Waals surface area contributed by atoms with Gasteiger partial charge in [-0.15, -0.1) is 0 Å². The predicted octanol–water partition coefficient (Wildman–Crippen LogP) is 6.94. The third kappa shape index (κ3) is 6.86. The van der Waals surface area contributed by atoms with E-state index < -0.39 is 5.60 Å². The Morgan fingerprint density at radius 3 is 2.18 bits per heavy atom. The highest BCUT2D eigenvalue weighted by molar-refractivity contribution is 5.90. The van der Waals surface area contributed by atoms with Gasteiger partial charge >= 0.3 is 11.8 Å². The monoisotopic (exact) mass is 661 g/mol. The number of hydrogen-bond acceptors (Lipinski definition) is 7. The second-order valence-corrected chi connectivity index (χ2v) is 14.4. The number of rotatable bonds is 10. The van der Waals surface area contributed by atoms with E-state index in [9.17, 15) is 9.59 Å². The number of imidazole rings is 1. The number of likely N-dealkylation sites (tertiary alicyclic amines) is 1. The predicted molar refractivity (Wildman–Crippen MR) is 189 cm³/mol. The molecule has 1 saturated heterocycles. The first-order valence-corrected chi connectivity index (χ1v) is 16.8. The fourth-order valence-electron chi connectivity index (χ4n) is 7.06. The minimum Gasteiger partial charge on any atom is -0.473 e.